The summed E-state index contributed by atoms with van der Waals surface area (Å²) in [6.07, 6.45) is 1.04. The number of morpholine rings is 1. The second kappa shape index (κ2) is 10.9. The lowest BCUT2D eigenvalue weighted by Crippen LogP contribution is -2.40. The lowest BCUT2D eigenvalue weighted by molar-refractivity contribution is 0.0368. The van der Waals surface area contributed by atoms with Crippen molar-refractivity contribution in [1.29, 1.82) is 0 Å². The predicted molar refractivity (Wildman–Crippen MR) is 126 cm³/mol. The van der Waals surface area contributed by atoms with Crippen LogP contribution in [0.3, 0.4) is 0 Å². The van der Waals surface area contributed by atoms with Gasteiger partial charge in [-0.2, -0.15) is 0 Å². The minimum Gasteiger partial charge on any atom is -0.379 e. The number of anilines is 1. The molecule has 2 aromatic rings. The van der Waals surface area contributed by atoms with E-state index in [9.17, 15) is 0 Å². The number of hydrogen-bond acceptors (Lipinski definition) is 3. The van der Waals surface area contributed by atoms with Gasteiger partial charge in [-0.25, -0.2) is 0 Å². The van der Waals surface area contributed by atoms with Crippen molar-refractivity contribution in [2.75, 3.05) is 44.7 Å². The second-order valence-corrected chi connectivity index (χ2v) is 8.42. The number of hydrogen-bond donors (Lipinski definition) is 1. The highest BCUT2D eigenvalue weighted by Gasteiger charge is 2.15. The number of halogens is 1. The van der Waals surface area contributed by atoms with Gasteiger partial charge in [0.1, 0.15) is 0 Å². The number of aryl methyl sites for hydroxylation is 2. The first-order valence-electron chi connectivity index (χ1n) is 10.2. The molecule has 0 saturated carbocycles. The summed E-state index contributed by atoms with van der Waals surface area (Å²) < 4.78 is 5.45. The van der Waals surface area contributed by atoms with Gasteiger partial charge < -0.3 is 15.0 Å². The SMILES string of the molecule is Cc1cc(C)cc(NC(=S)N(CCCN2CCOCC2)Cc2ccccc2Cl)c1. The van der Waals surface area contributed by atoms with E-state index in [1.165, 1.54) is 11.1 Å². The molecule has 6 heteroatoms. The fourth-order valence-corrected chi connectivity index (χ4v) is 4.11. The minimum absolute atomic E-state index is 0.694. The smallest absolute Gasteiger partial charge is 0.173 e. The molecule has 1 saturated heterocycles. The normalized spacial score (nSPS) is 14.6. The Hall–Kier alpha value is -1.66. The first kappa shape index (κ1) is 22.0. The van der Waals surface area contributed by atoms with Crippen molar-refractivity contribution in [2.45, 2.75) is 26.8 Å². The van der Waals surface area contributed by atoms with E-state index in [0.29, 0.717) is 6.54 Å². The van der Waals surface area contributed by atoms with Gasteiger partial charge in [-0.15, -0.1) is 0 Å². The van der Waals surface area contributed by atoms with Crippen LogP contribution in [0.5, 0.6) is 0 Å². The zero-order valence-electron chi connectivity index (χ0n) is 17.3. The average molecular weight is 432 g/mol. The quantitative estimate of drug-likeness (QED) is 0.631. The maximum atomic E-state index is 6.42. The van der Waals surface area contributed by atoms with E-state index < -0.39 is 0 Å². The summed E-state index contributed by atoms with van der Waals surface area (Å²) in [6, 6.07) is 14.4. The largest absolute Gasteiger partial charge is 0.379 e. The fraction of sp³-hybridized carbons (Fsp3) is 0.435. The highest BCUT2D eigenvalue weighted by molar-refractivity contribution is 7.80. The van der Waals surface area contributed by atoms with Crippen molar-refractivity contribution in [3.05, 3.63) is 64.2 Å². The molecule has 1 aliphatic rings. The van der Waals surface area contributed by atoms with Gasteiger partial charge in [0, 0.05) is 43.4 Å². The summed E-state index contributed by atoms with van der Waals surface area (Å²) in [4.78, 5) is 4.67. The van der Waals surface area contributed by atoms with E-state index >= 15 is 0 Å². The van der Waals surface area contributed by atoms with Crippen molar-refractivity contribution < 1.29 is 4.74 Å². The van der Waals surface area contributed by atoms with Gasteiger partial charge in [0.15, 0.2) is 5.11 Å². The minimum atomic E-state index is 0.694. The number of nitrogens with zero attached hydrogens (tertiary/aromatic N) is 2. The van der Waals surface area contributed by atoms with Crippen LogP contribution < -0.4 is 5.32 Å². The van der Waals surface area contributed by atoms with Crippen LogP contribution in [-0.2, 0) is 11.3 Å². The number of nitrogens with one attached hydrogen (secondary N) is 1. The molecule has 0 aromatic heterocycles. The van der Waals surface area contributed by atoms with E-state index in [0.717, 1.165) is 67.2 Å². The van der Waals surface area contributed by atoms with Crippen LogP contribution in [0.1, 0.15) is 23.1 Å². The van der Waals surface area contributed by atoms with Gasteiger partial charge in [0.2, 0.25) is 0 Å². The number of rotatable bonds is 7. The molecule has 0 aliphatic carbocycles. The molecule has 0 spiro atoms. The number of thiocarbonyl (C=S) groups is 1. The Bertz CT molecular complexity index is 803. The van der Waals surface area contributed by atoms with E-state index in [-0.39, 0.29) is 0 Å². The maximum absolute atomic E-state index is 6.42. The van der Waals surface area contributed by atoms with Crippen LogP contribution in [0.4, 0.5) is 5.69 Å². The molecular weight excluding hydrogens is 402 g/mol. The predicted octanol–water partition coefficient (Wildman–Crippen LogP) is 4.88. The van der Waals surface area contributed by atoms with E-state index in [4.69, 9.17) is 28.6 Å². The van der Waals surface area contributed by atoms with Gasteiger partial charge >= 0.3 is 0 Å². The van der Waals surface area contributed by atoms with Crippen molar-refractivity contribution in [2.24, 2.45) is 0 Å². The van der Waals surface area contributed by atoms with E-state index in [1.54, 1.807) is 0 Å². The summed E-state index contributed by atoms with van der Waals surface area (Å²) >= 11 is 12.2. The van der Waals surface area contributed by atoms with Crippen LogP contribution in [0.25, 0.3) is 0 Å². The molecule has 29 heavy (non-hydrogen) atoms. The molecule has 1 heterocycles. The van der Waals surface area contributed by atoms with Gasteiger partial charge in [-0.1, -0.05) is 35.9 Å². The topological polar surface area (TPSA) is 27.7 Å². The van der Waals surface area contributed by atoms with Crippen LogP contribution in [-0.4, -0.2) is 54.3 Å². The van der Waals surface area contributed by atoms with Crippen LogP contribution in [0.15, 0.2) is 42.5 Å². The molecule has 2 aromatic carbocycles. The van der Waals surface area contributed by atoms with Crippen molar-refractivity contribution in [3.8, 4) is 0 Å². The standard InChI is InChI=1S/C23H30ClN3OS/c1-18-14-19(2)16-21(15-18)25-23(29)27(17-20-6-3-4-7-22(20)24)9-5-8-26-10-12-28-13-11-26/h3-4,6-7,14-16H,5,8-13,17H2,1-2H3,(H,25,29). The van der Waals surface area contributed by atoms with Crippen LogP contribution in [0, 0.1) is 13.8 Å². The van der Waals surface area contributed by atoms with E-state index in [1.807, 2.05) is 18.2 Å². The highest BCUT2D eigenvalue weighted by atomic mass is 35.5. The summed E-state index contributed by atoms with van der Waals surface area (Å²) in [7, 11) is 0. The molecule has 0 radical (unpaired) electrons. The molecule has 1 aliphatic heterocycles. The van der Waals surface area contributed by atoms with Crippen molar-refractivity contribution in [3.63, 3.8) is 0 Å². The third-order valence-corrected chi connectivity index (χ3v) is 5.81. The van der Waals surface area contributed by atoms with Crippen LogP contribution in [0.2, 0.25) is 5.02 Å². The Balaban J connectivity index is 1.66. The molecule has 4 nitrogen and oxygen atoms in total. The maximum Gasteiger partial charge on any atom is 0.173 e. The molecule has 0 bridgehead atoms. The van der Waals surface area contributed by atoms with Gasteiger partial charge in [-0.3, -0.25) is 4.90 Å². The Morgan fingerprint density at radius 1 is 1.14 bits per heavy atom. The molecule has 3 rings (SSSR count). The Labute approximate surface area is 184 Å². The zero-order chi connectivity index (χ0) is 20.6. The van der Waals surface area contributed by atoms with Gasteiger partial charge in [-0.05, 0) is 67.4 Å². The Morgan fingerprint density at radius 3 is 2.52 bits per heavy atom. The van der Waals surface area contributed by atoms with Gasteiger partial charge in [0.05, 0.1) is 13.2 Å². The molecular formula is C23H30ClN3OS. The average Bonchev–Trinajstić information content (AvgIpc) is 2.68. The summed E-state index contributed by atoms with van der Waals surface area (Å²) in [6.45, 7) is 10.5. The third-order valence-electron chi connectivity index (χ3n) is 5.09. The number of benzene rings is 2. The first-order chi connectivity index (χ1) is 14.0. The van der Waals surface area contributed by atoms with Crippen LogP contribution >= 0.6 is 23.8 Å². The van der Waals surface area contributed by atoms with E-state index in [2.05, 4.69) is 53.2 Å². The molecule has 1 N–H and O–H groups in total. The lowest BCUT2D eigenvalue weighted by Gasteiger charge is -2.30. The van der Waals surface area contributed by atoms with Crippen molar-refractivity contribution in [1.82, 2.24) is 9.80 Å². The molecule has 1 fully saturated rings. The number of ether oxygens (including phenoxy) is 1. The molecule has 0 unspecified atom stereocenters. The second-order valence-electron chi connectivity index (χ2n) is 7.63. The van der Waals surface area contributed by atoms with Crippen molar-refractivity contribution >= 4 is 34.6 Å². The zero-order valence-corrected chi connectivity index (χ0v) is 18.9. The monoisotopic (exact) mass is 431 g/mol. The fourth-order valence-electron chi connectivity index (χ4n) is 3.64. The molecule has 156 valence electrons. The summed E-state index contributed by atoms with van der Waals surface area (Å²) in [5.74, 6) is 0. The highest BCUT2D eigenvalue weighted by Crippen LogP contribution is 2.19. The Morgan fingerprint density at radius 2 is 1.83 bits per heavy atom. The third kappa shape index (κ3) is 6.96. The Kier molecular flexibility index (Phi) is 8.30. The van der Waals surface area contributed by atoms with Gasteiger partial charge in [0.25, 0.3) is 0 Å². The lowest BCUT2D eigenvalue weighted by atomic mass is 10.1. The summed E-state index contributed by atoms with van der Waals surface area (Å²) in [5.41, 5.74) is 4.57. The molecule has 0 amide bonds. The molecule has 0 atom stereocenters. The summed E-state index contributed by atoms with van der Waals surface area (Å²) in [5, 5.41) is 4.94. The first-order valence-corrected chi connectivity index (χ1v) is 11.0.